The Balaban J connectivity index is 1.85. The van der Waals surface area contributed by atoms with Crippen molar-refractivity contribution in [3.05, 3.63) is 24.0 Å². The zero-order chi connectivity index (χ0) is 14.4. The molecule has 1 aliphatic rings. The Morgan fingerprint density at radius 3 is 2.90 bits per heavy atom. The summed E-state index contributed by atoms with van der Waals surface area (Å²) in [5.74, 6) is -0.290. The van der Waals surface area contributed by atoms with E-state index in [-0.39, 0.29) is 23.5 Å². The zero-order valence-electron chi connectivity index (χ0n) is 11.5. The van der Waals surface area contributed by atoms with Crippen molar-refractivity contribution in [3.63, 3.8) is 0 Å². The number of likely N-dealkylation sites (tertiary alicyclic amines) is 1. The monoisotopic (exact) mass is 279 g/mol. The van der Waals surface area contributed by atoms with Gasteiger partial charge in [-0.25, -0.2) is 4.98 Å². The van der Waals surface area contributed by atoms with Crippen LogP contribution in [0.3, 0.4) is 0 Å². The number of hydrogen-bond donors (Lipinski definition) is 2. The number of pyridine rings is 1. The van der Waals surface area contributed by atoms with Crippen LogP contribution >= 0.6 is 0 Å². The van der Waals surface area contributed by atoms with Crippen LogP contribution in [0.15, 0.2) is 18.3 Å². The molecule has 0 unspecified atom stereocenters. The lowest BCUT2D eigenvalue weighted by atomic mass is 10.1. The van der Waals surface area contributed by atoms with E-state index in [0.717, 1.165) is 19.3 Å². The third-order valence-corrected chi connectivity index (χ3v) is 3.42. The summed E-state index contributed by atoms with van der Waals surface area (Å²) in [6.07, 6.45) is 4.19. The number of ether oxygens (including phenoxy) is 1. The van der Waals surface area contributed by atoms with Crippen LogP contribution < -0.4 is 5.73 Å². The molecule has 3 N–H and O–H groups in total. The number of nitrogens with two attached hydrogens (primary N) is 1. The van der Waals surface area contributed by atoms with E-state index in [1.807, 2.05) is 0 Å². The molecule has 1 saturated heterocycles. The van der Waals surface area contributed by atoms with Crippen LogP contribution in [0.4, 0.5) is 0 Å². The molecular formula is C14H21N3O3. The molecule has 1 fully saturated rings. The Labute approximate surface area is 118 Å². The molecule has 20 heavy (non-hydrogen) atoms. The molecule has 1 amide bonds. The first-order valence-electron chi connectivity index (χ1n) is 6.97. The van der Waals surface area contributed by atoms with Crippen molar-refractivity contribution in [2.75, 3.05) is 26.2 Å². The van der Waals surface area contributed by atoms with Gasteiger partial charge in [-0.2, -0.15) is 0 Å². The second-order valence-corrected chi connectivity index (χ2v) is 4.88. The van der Waals surface area contributed by atoms with Crippen LogP contribution in [0.25, 0.3) is 0 Å². The summed E-state index contributed by atoms with van der Waals surface area (Å²) in [6, 6.07) is 3.08. The molecular weight excluding hydrogens is 258 g/mol. The van der Waals surface area contributed by atoms with E-state index in [1.54, 1.807) is 11.0 Å². The zero-order valence-corrected chi connectivity index (χ0v) is 11.5. The first kappa shape index (κ1) is 14.7. The molecule has 0 radical (unpaired) electrons. The van der Waals surface area contributed by atoms with E-state index in [1.165, 1.54) is 12.3 Å². The lowest BCUT2D eigenvalue weighted by Crippen LogP contribution is -2.41. The Hall–Kier alpha value is -1.66. The number of hydrogen-bond acceptors (Lipinski definition) is 5. The van der Waals surface area contributed by atoms with Crippen LogP contribution in [0, 0.1) is 0 Å². The van der Waals surface area contributed by atoms with Gasteiger partial charge in [-0.3, -0.25) is 4.79 Å². The van der Waals surface area contributed by atoms with Gasteiger partial charge >= 0.3 is 0 Å². The average molecular weight is 279 g/mol. The summed E-state index contributed by atoms with van der Waals surface area (Å²) in [5, 5.41) is 9.66. The van der Waals surface area contributed by atoms with Gasteiger partial charge in [-0.05, 0) is 37.9 Å². The van der Waals surface area contributed by atoms with Crippen molar-refractivity contribution in [2.24, 2.45) is 5.73 Å². The Morgan fingerprint density at radius 1 is 1.50 bits per heavy atom. The molecule has 6 nitrogen and oxygen atoms in total. The standard InChI is InChI=1S/C14H21N3O3/c15-6-2-10-20-11-4-8-17(9-5-11)14(19)13-12(18)3-1-7-16-13/h1,3,7,11,18H,2,4-6,8-10,15H2. The van der Waals surface area contributed by atoms with Gasteiger partial charge in [0.05, 0.1) is 6.10 Å². The molecule has 0 aromatic carbocycles. The van der Waals surface area contributed by atoms with E-state index in [9.17, 15) is 9.90 Å². The minimum atomic E-state index is -0.219. The number of rotatable bonds is 5. The third kappa shape index (κ3) is 3.68. The third-order valence-electron chi connectivity index (χ3n) is 3.42. The number of carbonyl (C=O) groups excluding carboxylic acids is 1. The van der Waals surface area contributed by atoms with Gasteiger partial charge < -0.3 is 20.5 Å². The first-order valence-corrected chi connectivity index (χ1v) is 6.97. The maximum atomic E-state index is 12.2. The van der Waals surface area contributed by atoms with E-state index in [2.05, 4.69) is 4.98 Å². The van der Waals surface area contributed by atoms with Crippen LogP contribution in [0.2, 0.25) is 0 Å². The second kappa shape index (κ2) is 7.21. The molecule has 0 saturated carbocycles. The van der Waals surface area contributed by atoms with Crippen molar-refractivity contribution < 1.29 is 14.6 Å². The van der Waals surface area contributed by atoms with Crippen molar-refractivity contribution in [1.29, 1.82) is 0 Å². The number of aromatic hydroxyl groups is 1. The summed E-state index contributed by atoms with van der Waals surface area (Å²) in [5.41, 5.74) is 5.54. The van der Waals surface area contributed by atoms with Crippen molar-refractivity contribution in [3.8, 4) is 5.75 Å². The lowest BCUT2D eigenvalue weighted by molar-refractivity contribution is 0.00822. The molecule has 6 heteroatoms. The fourth-order valence-corrected chi connectivity index (χ4v) is 2.27. The van der Waals surface area contributed by atoms with Gasteiger partial charge in [0.25, 0.3) is 5.91 Å². The highest BCUT2D eigenvalue weighted by atomic mass is 16.5. The topological polar surface area (TPSA) is 88.7 Å². The van der Waals surface area contributed by atoms with Gasteiger partial charge in [0.15, 0.2) is 5.69 Å². The van der Waals surface area contributed by atoms with Crippen LogP contribution in [0.1, 0.15) is 29.8 Å². The molecule has 0 aliphatic carbocycles. The highest BCUT2D eigenvalue weighted by molar-refractivity contribution is 5.94. The number of carbonyl (C=O) groups is 1. The van der Waals surface area contributed by atoms with Gasteiger partial charge in [0.1, 0.15) is 5.75 Å². The van der Waals surface area contributed by atoms with Crippen molar-refractivity contribution >= 4 is 5.91 Å². The molecule has 2 rings (SSSR count). The van der Waals surface area contributed by atoms with Crippen molar-refractivity contribution in [1.82, 2.24) is 9.88 Å². The van der Waals surface area contributed by atoms with Gasteiger partial charge in [0.2, 0.25) is 0 Å². The van der Waals surface area contributed by atoms with Gasteiger partial charge in [-0.15, -0.1) is 0 Å². The van der Waals surface area contributed by atoms with E-state index in [0.29, 0.717) is 26.2 Å². The first-order chi connectivity index (χ1) is 9.72. The minimum Gasteiger partial charge on any atom is -0.505 e. The largest absolute Gasteiger partial charge is 0.505 e. The molecule has 1 aromatic heterocycles. The van der Waals surface area contributed by atoms with E-state index >= 15 is 0 Å². The normalized spacial score (nSPS) is 16.4. The average Bonchev–Trinajstić information content (AvgIpc) is 2.48. The fraction of sp³-hybridized carbons (Fsp3) is 0.571. The Morgan fingerprint density at radius 2 is 2.25 bits per heavy atom. The maximum absolute atomic E-state index is 12.2. The molecule has 1 aromatic rings. The number of aromatic nitrogens is 1. The SMILES string of the molecule is NCCCOC1CCN(C(=O)c2ncccc2O)CC1. The second-order valence-electron chi connectivity index (χ2n) is 4.88. The predicted molar refractivity (Wildman–Crippen MR) is 74.5 cm³/mol. The molecule has 0 spiro atoms. The highest BCUT2D eigenvalue weighted by Crippen LogP contribution is 2.19. The quantitative estimate of drug-likeness (QED) is 0.777. The minimum absolute atomic E-state index is 0.0705. The smallest absolute Gasteiger partial charge is 0.276 e. The number of amides is 1. The molecule has 2 heterocycles. The van der Waals surface area contributed by atoms with E-state index in [4.69, 9.17) is 10.5 Å². The maximum Gasteiger partial charge on any atom is 0.276 e. The summed E-state index contributed by atoms with van der Waals surface area (Å²) >= 11 is 0. The summed E-state index contributed by atoms with van der Waals surface area (Å²) in [6.45, 7) is 2.57. The number of nitrogens with zero attached hydrogens (tertiary/aromatic N) is 2. The Bertz CT molecular complexity index is 445. The molecule has 1 aliphatic heterocycles. The van der Waals surface area contributed by atoms with Crippen LogP contribution in [-0.4, -0.2) is 53.2 Å². The van der Waals surface area contributed by atoms with Crippen molar-refractivity contribution in [2.45, 2.75) is 25.4 Å². The highest BCUT2D eigenvalue weighted by Gasteiger charge is 2.26. The summed E-state index contributed by atoms with van der Waals surface area (Å²) < 4.78 is 5.70. The molecule has 0 bridgehead atoms. The van der Waals surface area contributed by atoms with Gasteiger partial charge in [0, 0.05) is 25.9 Å². The lowest BCUT2D eigenvalue weighted by Gasteiger charge is -2.31. The predicted octanol–water partition coefficient (Wildman–Crippen LogP) is 0.757. The number of piperidine rings is 1. The van der Waals surface area contributed by atoms with Crippen LogP contribution in [-0.2, 0) is 4.74 Å². The van der Waals surface area contributed by atoms with Gasteiger partial charge in [-0.1, -0.05) is 0 Å². The fourth-order valence-electron chi connectivity index (χ4n) is 2.27. The van der Waals surface area contributed by atoms with Crippen LogP contribution in [0.5, 0.6) is 5.75 Å². The Kier molecular flexibility index (Phi) is 5.31. The molecule has 110 valence electrons. The molecule has 0 atom stereocenters. The summed E-state index contributed by atoms with van der Waals surface area (Å²) in [4.78, 5) is 17.9. The summed E-state index contributed by atoms with van der Waals surface area (Å²) in [7, 11) is 0. The van der Waals surface area contributed by atoms with E-state index < -0.39 is 0 Å².